The summed E-state index contributed by atoms with van der Waals surface area (Å²) in [6.07, 6.45) is 0.481. The molecule has 0 radical (unpaired) electrons. The normalized spacial score (nSPS) is 12.4. The number of aliphatic hydroxyl groups excluding tert-OH is 1. The van der Waals surface area contributed by atoms with Crippen LogP contribution in [0, 0.1) is 6.92 Å². The van der Waals surface area contributed by atoms with Crippen molar-refractivity contribution in [2.75, 3.05) is 13.6 Å². The Morgan fingerprint density at radius 3 is 2.78 bits per heavy atom. The first kappa shape index (κ1) is 14.9. The molecule has 0 bridgehead atoms. The Balaban J connectivity index is 2.44. The summed E-state index contributed by atoms with van der Waals surface area (Å²) in [6.45, 7) is 4.52. The Labute approximate surface area is 111 Å². The zero-order valence-corrected chi connectivity index (χ0v) is 11.9. The molecule has 0 aromatic carbocycles. The summed E-state index contributed by atoms with van der Waals surface area (Å²) in [5, 5.41) is 10.9. The maximum absolute atomic E-state index is 11.8. The smallest absolute Gasteiger partial charge is 0.307 e. The zero-order chi connectivity index (χ0) is 13.7. The number of thiazole rings is 1. The number of hydrogen-bond donors (Lipinski definition) is 1. The van der Waals surface area contributed by atoms with Crippen molar-refractivity contribution in [2.45, 2.75) is 39.3 Å². The molecule has 18 heavy (non-hydrogen) atoms. The third-order valence-corrected chi connectivity index (χ3v) is 3.71. The van der Waals surface area contributed by atoms with E-state index in [0.717, 1.165) is 17.0 Å². The molecule has 1 aromatic heterocycles. The quantitative estimate of drug-likeness (QED) is 0.834. The number of rotatable bonds is 6. The van der Waals surface area contributed by atoms with Crippen LogP contribution in [0.5, 0.6) is 0 Å². The lowest BCUT2D eigenvalue weighted by molar-refractivity contribution is -0.130. The second-order valence-electron chi connectivity index (χ2n) is 4.50. The van der Waals surface area contributed by atoms with Gasteiger partial charge in [-0.25, -0.2) is 0 Å². The van der Waals surface area contributed by atoms with Crippen molar-refractivity contribution >= 4 is 17.2 Å². The van der Waals surface area contributed by atoms with Crippen LogP contribution in [-0.4, -0.2) is 40.2 Å². The molecule has 1 atom stereocenters. The molecular formula is C12H20N2O3S. The summed E-state index contributed by atoms with van der Waals surface area (Å²) in [7, 11) is 1.72. The van der Waals surface area contributed by atoms with Crippen LogP contribution < -0.4 is 4.87 Å². The summed E-state index contributed by atoms with van der Waals surface area (Å²) in [4.78, 5) is 24.8. The van der Waals surface area contributed by atoms with E-state index in [1.165, 1.54) is 0 Å². The Hall–Kier alpha value is -1.14. The number of aryl methyl sites for hydroxylation is 1. The van der Waals surface area contributed by atoms with E-state index in [1.54, 1.807) is 28.8 Å². The molecule has 6 heteroatoms. The maximum Gasteiger partial charge on any atom is 0.307 e. The SMILES string of the molecule is Cc1csc(=O)n1CCC(=O)N(C)CCC(C)O. The van der Waals surface area contributed by atoms with Crippen LogP contribution in [0.3, 0.4) is 0 Å². The lowest BCUT2D eigenvalue weighted by atomic mass is 10.2. The van der Waals surface area contributed by atoms with E-state index in [4.69, 9.17) is 5.11 Å². The van der Waals surface area contributed by atoms with E-state index in [2.05, 4.69) is 0 Å². The van der Waals surface area contributed by atoms with Gasteiger partial charge in [-0.1, -0.05) is 11.3 Å². The number of nitrogens with zero attached hydrogens (tertiary/aromatic N) is 2. The molecule has 1 rings (SSSR count). The first-order valence-electron chi connectivity index (χ1n) is 5.98. The van der Waals surface area contributed by atoms with Crippen molar-refractivity contribution in [3.05, 3.63) is 20.7 Å². The van der Waals surface area contributed by atoms with E-state index >= 15 is 0 Å². The predicted octanol–water partition coefficient (Wildman–Crippen LogP) is 0.838. The third-order valence-electron chi connectivity index (χ3n) is 2.83. The number of amides is 1. The van der Waals surface area contributed by atoms with Gasteiger partial charge in [-0.05, 0) is 20.3 Å². The van der Waals surface area contributed by atoms with Gasteiger partial charge in [0.1, 0.15) is 0 Å². The minimum absolute atomic E-state index is 0.00634. The van der Waals surface area contributed by atoms with E-state index in [0.29, 0.717) is 25.9 Å². The van der Waals surface area contributed by atoms with Crippen molar-refractivity contribution in [1.82, 2.24) is 9.47 Å². The zero-order valence-electron chi connectivity index (χ0n) is 11.0. The van der Waals surface area contributed by atoms with Crippen molar-refractivity contribution in [2.24, 2.45) is 0 Å². The minimum atomic E-state index is -0.401. The molecule has 5 nitrogen and oxygen atoms in total. The molecule has 0 saturated heterocycles. The standard InChI is InChI=1S/C12H20N2O3S/c1-9-8-18-12(17)14(9)7-5-11(16)13(3)6-4-10(2)15/h8,10,15H,4-7H2,1-3H3. The van der Waals surface area contributed by atoms with Crippen molar-refractivity contribution in [3.63, 3.8) is 0 Å². The van der Waals surface area contributed by atoms with Crippen LogP contribution in [0.15, 0.2) is 10.2 Å². The highest BCUT2D eigenvalue weighted by Gasteiger charge is 2.11. The summed E-state index contributed by atoms with van der Waals surface area (Å²) in [5.41, 5.74) is 0.893. The molecule has 1 amide bonds. The molecule has 0 aliphatic rings. The van der Waals surface area contributed by atoms with Gasteiger partial charge in [-0.2, -0.15) is 0 Å². The average molecular weight is 272 g/mol. The molecule has 1 aromatic rings. The van der Waals surface area contributed by atoms with Crippen molar-refractivity contribution in [1.29, 1.82) is 0 Å². The molecule has 0 saturated carbocycles. The Kier molecular flexibility index (Phi) is 5.55. The number of carbonyl (C=O) groups excluding carboxylic acids is 1. The highest BCUT2D eigenvalue weighted by molar-refractivity contribution is 7.07. The second-order valence-corrected chi connectivity index (χ2v) is 5.32. The fourth-order valence-electron chi connectivity index (χ4n) is 1.58. The van der Waals surface area contributed by atoms with E-state index in [9.17, 15) is 9.59 Å². The van der Waals surface area contributed by atoms with Crippen LogP contribution >= 0.6 is 11.3 Å². The van der Waals surface area contributed by atoms with E-state index in [-0.39, 0.29) is 10.8 Å². The summed E-state index contributed by atoms with van der Waals surface area (Å²) in [5.74, 6) is -0.00634. The molecule has 0 aliphatic carbocycles. The monoisotopic (exact) mass is 272 g/mol. The highest BCUT2D eigenvalue weighted by atomic mass is 32.1. The number of carbonyl (C=O) groups is 1. The Morgan fingerprint density at radius 2 is 2.28 bits per heavy atom. The van der Waals surface area contributed by atoms with Gasteiger partial charge in [0.05, 0.1) is 6.10 Å². The Morgan fingerprint density at radius 1 is 1.61 bits per heavy atom. The lowest BCUT2D eigenvalue weighted by Crippen LogP contribution is -2.31. The van der Waals surface area contributed by atoms with Crippen LogP contribution in [0.25, 0.3) is 0 Å². The fraction of sp³-hybridized carbons (Fsp3) is 0.667. The predicted molar refractivity (Wildman–Crippen MR) is 71.9 cm³/mol. The van der Waals surface area contributed by atoms with Crippen LogP contribution in [0.1, 0.15) is 25.5 Å². The molecule has 102 valence electrons. The van der Waals surface area contributed by atoms with E-state index < -0.39 is 6.10 Å². The number of hydrogen-bond acceptors (Lipinski definition) is 4. The molecule has 1 unspecified atom stereocenters. The van der Waals surface area contributed by atoms with Crippen LogP contribution in [0.4, 0.5) is 0 Å². The van der Waals surface area contributed by atoms with Gasteiger partial charge in [0, 0.05) is 37.6 Å². The minimum Gasteiger partial charge on any atom is -0.393 e. The molecule has 0 aliphatic heterocycles. The van der Waals surface area contributed by atoms with Crippen LogP contribution in [0.2, 0.25) is 0 Å². The van der Waals surface area contributed by atoms with Gasteiger partial charge in [0.25, 0.3) is 0 Å². The van der Waals surface area contributed by atoms with Gasteiger partial charge in [0.2, 0.25) is 5.91 Å². The average Bonchev–Trinajstić information content (AvgIpc) is 2.63. The van der Waals surface area contributed by atoms with Crippen molar-refractivity contribution in [3.8, 4) is 0 Å². The first-order valence-corrected chi connectivity index (χ1v) is 6.86. The van der Waals surface area contributed by atoms with Gasteiger partial charge in [0.15, 0.2) is 0 Å². The molecule has 1 N–H and O–H groups in total. The van der Waals surface area contributed by atoms with Gasteiger partial charge >= 0.3 is 4.87 Å². The summed E-state index contributed by atoms with van der Waals surface area (Å²) >= 11 is 1.15. The molecule has 1 heterocycles. The highest BCUT2D eigenvalue weighted by Crippen LogP contribution is 2.03. The van der Waals surface area contributed by atoms with E-state index in [1.807, 2.05) is 6.92 Å². The molecule has 0 fully saturated rings. The number of aromatic nitrogens is 1. The molecule has 0 spiro atoms. The third kappa shape index (κ3) is 4.27. The largest absolute Gasteiger partial charge is 0.393 e. The topological polar surface area (TPSA) is 62.5 Å². The lowest BCUT2D eigenvalue weighted by Gasteiger charge is -2.18. The number of aliphatic hydroxyl groups is 1. The second kappa shape index (κ2) is 6.70. The van der Waals surface area contributed by atoms with Gasteiger partial charge in [-0.3, -0.25) is 9.59 Å². The fourth-order valence-corrected chi connectivity index (χ4v) is 2.34. The summed E-state index contributed by atoms with van der Waals surface area (Å²) in [6, 6.07) is 0. The Bertz CT molecular complexity index is 450. The maximum atomic E-state index is 11.8. The van der Waals surface area contributed by atoms with Gasteiger partial charge < -0.3 is 14.6 Å². The first-order chi connectivity index (χ1) is 8.41. The summed E-state index contributed by atoms with van der Waals surface area (Å²) < 4.78 is 1.62. The van der Waals surface area contributed by atoms with Crippen molar-refractivity contribution < 1.29 is 9.90 Å². The van der Waals surface area contributed by atoms with Crippen LogP contribution in [-0.2, 0) is 11.3 Å². The van der Waals surface area contributed by atoms with Gasteiger partial charge in [-0.15, -0.1) is 0 Å². The molecular weight excluding hydrogens is 252 g/mol.